The molecule has 1 aliphatic rings. The Morgan fingerprint density at radius 3 is 2.62 bits per heavy atom. The van der Waals surface area contributed by atoms with Crippen molar-refractivity contribution in [2.24, 2.45) is 0 Å². The van der Waals surface area contributed by atoms with Gasteiger partial charge < -0.3 is 5.11 Å². The monoisotopic (exact) mass is 303 g/mol. The molecular weight excluding hydrogens is 294 g/mol. The molecule has 16 heavy (non-hydrogen) atoms. The second-order valence-electron chi connectivity index (χ2n) is 3.65. The number of aliphatic hydroxyl groups excluding tert-OH is 1. The molecule has 1 saturated heterocycles. The van der Waals surface area contributed by atoms with Crippen LogP contribution in [0.5, 0.6) is 0 Å². The van der Waals surface area contributed by atoms with Crippen LogP contribution >= 0.6 is 27.7 Å². The molecule has 0 spiro atoms. The third-order valence-corrected chi connectivity index (χ3v) is 4.57. The molecule has 3 atom stereocenters. The highest BCUT2D eigenvalue weighted by Gasteiger charge is 2.45. The molecular formula is C10H10BrNO3S. The molecule has 1 aromatic rings. The Morgan fingerprint density at radius 1 is 1.44 bits per heavy atom. The number of halogens is 1. The highest BCUT2D eigenvalue weighted by molar-refractivity contribution is 9.10. The first-order valence-corrected chi connectivity index (χ1v) is 6.62. The van der Waals surface area contributed by atoms with Crippen molar-refractivity contribution < 1.29 is 10.0 Å². The number of nitro groups is 1. The van der Waals surface area contributed by atoms with E-state index in [1.54, 1.807) is 0 Å². The molecule has 0 aliphatic carbocycles. The Bertz CT molecular complexity index is 398. The van der Waals surface area contributed by atoms with Gasteiger partial charge in [-0.2, -0.15) is 0 Å². The maximum absolute atomic E-state index is 10.9. The van der Waals surface area contributed by atoms with Gasteiger partial charge in [-0.1, -0.05) is 28.1 Å². The SMILES string of the molecule is O=[N+]([O-])[C@H]1C(O)CS[C@@H]1c1ccc(Br)cc1. The normalized spacial score (nSPS) is 29.2. The van der Waals surface area contributed by atoms with Gasteiger partial charge in [0.1, 0.15) is 6.10 Å². The lowest BCUT2D eigenvalue weighted by Gasteiger charge is -2.14. The van der Waals surface area contributed by atoms with Crippen LogP contribution in [0.15, 0.2) is 28.7 Å². The Kier molecular flexibility index (Phi) is 3.51. The molecule has 1 N–H and O–H groups in total. The van der Waals surface area contributed by atoms with Crippen molar-refractivity contribution in [1.29, 1.82) is 0 Å². The highest BCUT2D eigenvalue weighted by Crippen LogP contribution is 2.41. The third kappa shape index (κ3) is 2.23. The van der Waals surface area contributed by atoms with Gasteiger partial charge in [-0.05, 0) is 17.7 Å². The highest BCUT2D eigenvalue weighted by atomic mass is 79.9. The van der Waals surface area contributed by atoms with E-state index in [1.807, 2.05) is 24.3 Å². The molecule has 1 aliphatic heterocycles. The van der Waals surface area contributed by atoms with Crippen molar-refractivity contribution in [3.05, 3.63) is 44.4 Å². The number of nitrogens with zero attached hydrogens (tertiary/aromatic N) is 1. The summed E-state index contributed by atoms with van der Waals surface area (Å²) in [5.74, 6) is 0.423. The van der Waals surface area contributed by atoms with Crippen molar-refractivity contribution in [1.82, 2.24) is 0 Å². The summed E-state index contributed by atoms with van der Waals surface area (Å²) in [5.41, 5.74) is 0.895. The van der Waals surface area contributed by atoms with Gasteiger partial charge in [-0.25, -0.2) is 0 Å². The van der Waals surface area contributed by atoms with Gasteiger partial charge in [-0.15, -0.1) is 11.8 Å². The molecule has 1 heterocycles. The minimum atomic E-state index is -0.897. The van der Waals surface area contributed by atoms with Crippen molar-refractivity contribution in [2.45, 2.75) is 17.4 Å². The average molecular weight is 304 g/mol. The third-order valence-electron chi connectivity index (χ3n) is 2.59. The van der Waals surface area contributed by atoms with Gasteiger partial charge in [0, 0.05) is 15.1 Å². The first-order valence-electron chi connectivity index (χ1n) is 4.78. The van der Waals surface area contributed by atoms with Crippen molar-refractivity contribution in [3.8, 4) is 0 Å². The van der Waals surface area contributed by atoms with Crippen LogP contribution in [0.1, 0.15) is 10.8 Å². The van der Waals surface area contributed by atoms with Gasteiger partial charge >= 0.3 is 0 Å². The summed E-state index contributed by atoms with van der Waals surface area (Å²) in [4.78, 5) is 10.5. The van der Waals surface area contributed by atoms with Crippen LogP contribution in [0.3, 0.4) is 0 Å². The van der Waals surface area contributed by atoms with Crippen molar-refractivity contribution in [3.63, 3.8) is 0 Å². The quantitative estimate of drug-likeness (QED) is 0.672. The Hall–Kier alpha value is -0.590. The van der Waals surface area contributed by atoms with Crippen LogP contribution in [0.4, 0.5) is 0 Å². The van der Waals surface area contributed by atoms with E-state index in [9.17, 15) is 15.2 Å². The van der Waals surface area contributed by atoms with Gasteiger partial charge in [0.2, 0.25) is 0 Å². The van der Waals surface area contributed by atoms with Gasteiger partial charge in [0.25, 0.3) is 6.04 Å². The minimum absolute atomic E-state index is 0.252. The Balaban J connectivity index is 2.26. The fourth-order valence-electron chi connectivity index (χ4n) is 1.80. The Morgan fingerprint density at radius 2 is 2.06 bits per heavy atom. The van der Waals surface area contributed by atoms with Crippen LogP contribution in [-0.2, 0) is 0 Å². The molecule has 0 saturated carbocycles. The van der Waals surface area contributed by atoms with E-state index in [-0.39, 0.29) is 10.2 Å². The first-order chi connectivity index (χ1) is 7.59. The summed E-state index contributed by atoms with van der Waals surface area (Å²) in [7, 11) is 0. The molecule has 0 radical (unpaired) electrons. The summed E-state index contributed by atoms with van der Waals surface area (Å²) >= 11 is 4.76. The maximum Gasteiger partial charge on any atom is 0.255 e. The number of hydrogen-bond donors (Lipinski definition) is 1. The first kappa shape index (κ1) is 11.9. The van der Waals surface area contributed by atoms with E-state index in [0.29, 0.717) is 5.75 Å². The van der Waals surface area contributed by atoms with Crippen LogP contribution in [-0.4, -0.2) is 27.9 Å². The van der Waals surface area contributed by atoms with E-state index >= 15 is 0 Å². The largest absolute Gasteiger partial charge is 0.385 e. The van der Waals surface area contributed by atoms with Crippen LogP contribution in [0.25, 0.3) is 0 Å². The molecule has 2 rings (SSSR count). The maximum atomic E-state index is 10.9. The predicted molar refractivity (Wildman–Crippen MR) is 66.1 cm³/mol. The molecule has 86 valence electrons. The van der Waals surface area contributed by atoms with Crippen molar-refractivity contribution >= 4 is 27.7 Å². The summed E-state index contributed by atoms with van der Waals surface area (Å²) in [5, 5.41) is 20.2. The van der Waals surface area contributed by atoms with E-state index in [4.69, 9.17) is 0 Å². The summed E-state index contributed by atoms with van der Waals surface area (Å²) < 4.78 is 0.942. The van der Waals surface area contributed by atoms with Gasteiger partial charge in [0.05, 0.1) is 5.25 Å². The van der Waals surface area contributed by atoms with Crippen molar-refractivity contribution in [2.75, 3.05) is 5.75 Å². The molecule has 1 unspecified atom stereocenters. The predicted octanol–water partition coefficient (Wildman–Crippen LogP) is 2.24. The topological polar surface area (TPSA) is 63.4 Å². The number of rotatable bonds is 2. The van der Waals surface area contributed by atoms with Gasteiger partial charge in [-0.3, -0.25) is 10.1 Å². The average Bonchev–Trinajstić information content (AvgIpc) is 2.61. The zero-order valence-corrected chi connectivity index (χ0v) is 10.6. The van der Waals surface area contributed by atoms with Crippen LogP contribution in [0, 0.1) is 10.1 Å². The van der Waals surface area contributed by atoms with E-state index in [0.717, 1.165) is 10.0 Å². The zero-order chi connectivity index (χ0) is 11.7. The second-order valence-corrected chi connectivity index (χ2v) is 5.74. The molecule has 6 heteroatoms. The summed E-state index contributed by atoms with van der Waals surface area (Å²) in [6, 6.07) is 6.54. The molecule has 1 aromatic carbocycles. The molecule has 0 bridgehead atoms. The fourth-order valence-corrected chi connectivity index (χ4v) is 3.49. The lowest BCUT2D eigenvalue weighted by atomic mass is 10.0. The van der Waals surface area contributed by atoms with E-state index in [1.165, 1.54) is 11.8 Å². The molecule has 4 nitrogen and oxygen atoms in total. The lowest BCUT2D eigenvalue weighted by molar-refractivity contribution is -0.531. The van der Waals surface area contributed by atoms with Crippen LogP contribution in [0.2, 0.25) is 0 Å². The van der Waals surface area contributed by atoms with E-state index < -0.39 is 12.1 Å². The fraction of sp³-hybridized carbons (Fsp3) is 0.400. The van der Waals surface area contributed by atoms with Gasteiger partial charge in [0.15, 0.2) is 0 Å². The molecule has 0 aromatic heterocycles. The number of hydrogen-bond acceptors (Lipinski definition) is 4. The molecule has 1 fully saturated rings. The number of benzene rings is 1. The van der Waals surface area contributed by atoms with E-state index in [2.05, 4.69) is 15.9 Å². The smallest absolute Gasteiger partial charge is 0.255 e. The zero-order valence-electron chi connectivity index (χ0n) is 8.25. The van der Waals surface area contributed by atoms with Crippen LogP contribution < -0.4 is 0 Å². The Labute approximate surface area is 105 Å². The molecule has 0 amide bonds. The summed E-state index contributed by atoms with van der Waals surface area (Å²) in [6.45, 7) is 0. The number of thioether (sulfide) groups is 1. The lowest BCUT2D eigenvalue weighted by Crippen LogP contribution is -2.33. The number of aliphatic hydroxyl groups is 1. The minimum Gasteiger partial charge on any atom is -0.385 e. The second kappa shape index (κ2) is 4.73. The standard InChI is InChI=1S/C10H10BrNO3S/c11-7-3-1-6(2-4-7)10-9(12(14)15)8(13)5-16-10/h1-4,8-10,13H,5H2/t8?,9-,10+/m0/s1. The summed E-state index contributed by atoms with van der Waals surface area (Å²) in [6.07, 6.45) is -0.853.